The van der Waals surface area contributed by atoms with Crippen LogP contribution in [0, 0.1) is 5.82 Å². The molecule has 1 aromatic rings. The minimum Gasteiger partial charge on any atom is -0.497 e. The van der Waals surface area contributed by atoms with Gasteiger partial charge < -0.3 is 19.5 Å². The quantitative estimate of drug-likeness (QED) is 0.727. The summed E-state index contributed by atoms with van der Waals surface area (Å²) in [6.45, 7) is 5.25. The number of hydrogen-bond donors (Lipinski definition) is 1. The number of benzene rings is 1. The highest BCUT2D eigenvalue weighted by molar-refractivity contribution is 5.49. The van der Waals surface area contributed by atoms with Crippen LogP contribution in [0.1, 0.15) is 13.8 Å². The molecule has 0 amide bonds. The second-order valence-corrected chi connectivity index (χ2v) is 3.57. The lowest BCUT2D eigenvalue weighted by atomic mass is 10.3. The minimum absolute atomic E-state index is 0.331. The molecule has 0 saturated heterocycles. The largest absolute Gasteiger partial charge is 0.497 e. The van der Waals surface area contributed by atoms with Gasteiger partial charge in [-0.2, -0.15) is 0 Å². The van der Waals surface area contributed by atoms with Crippen molar-refractivity contribution in [2.24, 2.45) is 0 Å². The van der Waals surface area contributed by atoms with Gasteiger partial charge in [0.2, 0.25) is 0 Å². The lowest BCUT2D eigenvalue weighted by Crippen LogP contribution is -2.26. The second-order valence-electron chi connectivity index (χ2n) is 3.57. The van der Waals surface area contributed by atoms with Crippen LogP contribution in [-0.4, -0.2) is 33.2 Å². The summed E-state index contributed by atoms with van der Waals surface area (Å²) in [6.07, 6.45) is -0.384. The van der Waals surface area contributed by atoms with Crippen molar-refractivity contribution >= 4 is 5.69 Å². The molecule has 1 N–H and O–H groups in total. The first-order valence-electron chi connectivity index (χ1n) is 6.01. The zero-order valence-corrected chi connectivity index (χ0v) is 11.0. The molecule has 0 unspecified atom stereocenters. The molecule has 0 aliphatic carbocycles. The fourth-order valence-electron chi connectivity index (χ4n) is 1.50. The van der Waals surface area contributed by atoms with Crippen LogP contribution in [0.15, 0.2) is 18.2 Å². The lowest BCUT2D eigenvalue weighted by Gasteiger charge is -2.18. The number of rotatable bonds is 8. The summed E-state index contributed by atoms with van der Waals surface area (Å²) in [6, 6.07) is 4.53. The maximum absolute atomic E-state index is 13.5. The first-order chi connectivity index (χ1) is 8.71. The van der Waals surface area contributed by atoms with Gasteiger partial charge in [-0.25, -0.2) is 4.39 Å². The predicted octanol–water partition coefficient (Wildman–Crippen LogP) is 2.65. The van der Waals surface area contributed by atoms with Gasteiger partial charge in [0.05, 0.1) is 19.3 Å². The van der Waals surface area contributed by atoms with Gasteiger partial charge in [0.1, 0.15) is 11.6 Å². The first kappa shape index (κ1) is 14.7. The van der Waals surface area contributed by atoms with Crippen LogP contribution in [0.3, 0.4) is 0 Å². The fourth-order valence-corrected chi connectivity index (χ4v) is 1.50. The molecule has 0 bridgehead atoms. The monoisotopic (exact) mass is 257 g/mol. The summed E-state index contributed by atoms with van der Waals surface area (Å²) >= 11 is 0. The van der Waals surface area contributed by atoms with Gasteiger partial charge in [-0.3, -0.25) is 0 Å². The molecule has 0 heterocycles. The average molecular weight is 257 g/mol. The van der Waals surface area contributed by atoms with Crippen LogP contribution in [-0.2, 0) is 9.47 Å². The Morgan fingerprint density at radius 2 is 1.89 bits per heavy atom. The molecule has 0 spiro atoms. The van der Waals surface area contributed by atoms with Crippen LogP contribution < -0.4 is 10.1 Å². The van der Waals surface area contributed by atoms with E-state index in [1.807, 2.05) is 13.8 Å². The summed E-state index contributed by atoms with van der Waals surface area (Å²) < 4.78 is 29.3. The van der Waals surface area contributed by atoms with Gasteiger partial charge in [-0.05, 0) is 26.0 Å². The third-order valence-corrected chi connectivity index (χ3v) is 2.34. The lowest BCUT2D eigenvalue weighted by molar-refractivity contribution is -0.126. The van der Waals surface area contributed by atoms with Crippen molar-refractivity contribution in [3.63, 3.8) is 0 Å². The van der Waals surface area contributed by atoms with Crippen molar-refractivity contribution in [3.05, 3.63) is 24.0 Å². The number of hydrogen-bond acceptors (Lipinski definition) is 4. The molecule has 102 valence electrons. The van der Waals surface area contributed by atoms with E-state index in [4.69, 9.17) is 14.2 Å². The van der Waals surface area contributed by atoms with E-state index < -0.39 is 0 Å². The van der Waals surface area contributed by atoms with Gasteiger partial charge in [-0.15, -0.1) is 0 Å². The molecule has 0 fully saturated rings. The molecule has 0 radical (unpaired) electrons. The van der Waals surface area contributed by atoms with E-state index in [0.29, 0.717) is 31.2 Å². The Hall–Kier alpha value is -1.33. The highest BCUT2D eigenvalue weighted by atomic mass is 19.1. The van der Waals surface area contributed by atoms with Crippen LogP contribution in [0.2, 0.25) is 0 Å². The molecule has 18 heavy (non-hydrogen) atoms. The predicted molar refractivity (Wildman–Crippen MR) is 68.5 cm³/mol. The third-order valence-electron chi connectivity index (χ3n) is 2.34. The molecule has 0 atom stereocenters. The fraction of sp³-hybridized carbons (Fsp3) is 0.538. The number of anilines is 1. The number of nitrogens with one attached hydrogen (secondary N) is 1. The van der Waals surface area contributed by atoms with Crippen molar-refractivity contribution in [1.29, 1.82) is 0 Å². The zero-order chi connectivity index (χ0) is 13.4. The molecule has 1 aromatic carbocycles. The smallest absolute Gasteiger partial charge is 0.174 e. The molecule has 0 saturated carbocycles. The Morgan fingerprint density at radius 1 is 1.22 bits per heavy atom. The number of ether oxygens (including phenoxy) is 3. The van der Waals surface area contributed by atoms with Crippen LogP contribution >= 0.6 is 0 Å². The topological polar surface area (TPSA) is 39.7 Å². The SMILES string of the molecule is CCOC(CNc1cc(OC)ccc1F)OCC. The molecule has 0 aliphatic heterocycles. The summed E-state index contributed by atoms with van der Waals surface area (Å²) in [5.74, 6) is 0.269. The second kappa shape index (κ2) is 7.89. The van der Waals surface area contributed by atoms with E-state index in [9.17, 15) is 4.39 Å². The summed E-state index contributed by atoms with van der Waals surface area (Å²) in [5.41, 5.74) is 0.374. The molecule has 5 heteroatoms. The standard InChI is InChI=1S/C13H20FNO3/c1-4-17-13(18-5-2)9-15-12-8-10(16-3)6-7-11(12)14/h6-8,13,15H,4-5,9H2,1-3H3. The molecule has 0 aromatic heterocycles. The van der Waals surface area contributed by atoms with E-state index in [1.54, 1.807) is 19.2 Å². The molecule has 1 rings (SSSR count). The molecule has 4 nitrogen and oxygen atoms in total. The minimum atomic E-state index is -0.384. The summed E-state index contributed by atoms with van der Waals surface area (Å²) in [7, 11) is 1.54. The van der Waals surface area contributed by atoms with E-state index >= 15 is 0 Å². The van der Waals surface area contributed by atoms with Crippen LogP contribution in [0.25, 0.3) is 0 Å². The zero-order valence-electron chi connectivity index (χ0n) is 11.0. The molecular weight excluding hydrogens is 237 g/mol. The Bertz CT molecular complexity index is 354. The number of halogens is 1. The van der Waals surface area contributed by atoms with E-state index in [0.717, 1.165) is 0 Å². The van der Waals surface area contributed by atoms with Crippen molar-refractivity contribution in [2.75, 3.05) is 32.2 Å². The molecule has 0 aliphatic rings. The van der Waals surface area contributed by atoms with Crippen molar-refractivity contribution in [1.82, 2.24) is 0 Å². The first-order valence-corrected chi connectivity index (χ1v) is 6.01. The average Bonchev–Trinajstić information content (AvgIpc) is 2.38. The third kappa shape index (κ3) is 4.50. The van der Waals surface area contributed by atoms with Gasteiger partial charge in [-0.1, -0.05) is 0 Å². The Labute approximate surface area is 107 Å². The Morgan fingerprint density at radius 3 is 2.44 bits per heavy atom. The normalized spacial score (nSPS) is 10.7. The van der Waals surface area contributed by atoms with Gasteiger partial charge in [0, 0.05) is 19.3 Å². The van der Waals surface area contributed by atoms with E-state index in [1.165, 1.54) is 6.07 Å². The summed E-state index contributed by atoms with van der Waals surface area (Å²) in [5, 5.41) is 2.95. The van der Waals surface area contributed by atoms with Crippen molar-refractivity contribution < 1.29 is 18.6 Å². The van der Waals surface area contributed by atoms with E-state index in [-0.39, 0.29) is 12.1 Å². The highest BCUT2D eigenvalue weighted by Crippen LogP contribution is 2.21. The highest BCUT2D eigenvalue weighted by Gasteiger charge is 2.10. The van der Waals surface area contributed by atoms with Gasteiger partial charge in [0.15, 0.2) is 6.29 Å². The van der Waals surface area contributed by atoms with Gasteiger partial charge in [0.25, 0.3) is 0 Å². The van der Waals surface area contributed by atoms with Crippen molar-refractivity contribution in [3.8, 4) is 5.75 Å². The van der Waals surface area contributed by atoms with Crippen molar-refractivity contribution in [2.45, 2.75) is 20.1 Å². The van der Waals surface area contributed by atoms with Gasteiger partial charge >= 0.3 is 0 Å². The Kier molecular flexibility index (Phi) is 6.46. The number of methoxy groups -OCH3 is 1. The maximum Gasteiger partial charge on any atom is 0.174 e. The molecular formula is C13H20FNO3. The maximum atomic E-state index is 13.5. The summed E-state index contributed by atoms with van der Waals surface area (Å²) in [4.78, 5) is 0. The van der Waals surface area contributed by atoms with E-state index in [2.05, 4.69) is 5.32 Å². The van der Waals surface area contributed by atoms with Crippen LogP contribution in [0.4, 0.5) is 10.1 Å². The Balaban J connectivity index is 2.60. The van der Waals surface area contributed by atoms with Crippen LogP contribution in [0.5, 0.6) is 5.75 Å².